The number of nitrogens with zero attached hydrogens (tertiary/aromatic N) is 2. The molecule has 0 aliphatic carbocycles. The first-order valence-corrected chi connectivity index (χ1v) is 8.03. The molecule has 5 nitrogen and oxygen atoms in total. The van der Waals surface area contributed by atoms with Gasteiger partial charge in [0.05, 0.1) is 12.2 Å². The highest BCUT2D eigenvalue weighted by molar-refractivity contribution is 5.78. The molecule has 1 heterocycles. The zero-order chi connectivity index (χ0) is 17.4. The van der Waals surface area contributed by atoms with Gasteiger partial charge in [-0.2, -0.15) is 0 Å². The molecule has 0 saturated carbocycles. The summed E-state index contributed by atoms with van der Waals surface area (Å²) < 4.78 is 0. The number of nitrogens with one attached hydrogen (secondary N) is 1. The summed E-state index contributed by atoms with van der Waals surface area (Å²) in [5, 5.41) is 2.91. The van der Waals surface area contributed by atoms with E-state index in [0.717, 1.165) is 16.8 Å². The molecule has 2 rings (SSSR count). The maximum atomic E-state index is 12.0. The number of hydrogen-bond donors (Lipinski definition) is 1. The molecule has 126 valence electrons. The minimum Gasteiger partial charge on any atom is -0.352 e. The zero-order valence-corrected chi connectivity index (χ0v) is 14.2. The molecule has 0 aliphatic rings. The van der Waals surface area contributed by atoms with Crippen molar-refractivity contribution in [2.24, 2.45) is 0 Å². The van der Waals surface area contributed by atoms with Crippen LogP contribution in [0.15, 0.2) is 48.7 Å². The van der Waals surface area contributed by atoms with Gasteiger partial charge in [0.1, 0.15) is 0 Å². The molecule has 0 spiro atoms. The third kappa shape index (κ3) is 5.50. The molecule has 2 aromatic rings. The van der Waals surface area contributed by atoms with Gasteiger partial charge in [-0.3, -0.25) is 14.6 Å². The van der Waals surface area contributed by atoms with Gasteiger partial charge in [0.15, 0.2) is 0 Å². The first-order chi connectivity index (χ1) is 11.6. The average Bonchev–Trinajstić information content (AvgIpc) is 2.58. The number of aromatic nitrogens is 1. The van der Waals surface area contributed by atoms with Gasteiger partial charge in [0.2, 0.25) is 11.8 Å². The quantitative estimate of drug-likeness (QED) is 0.850. The van der Waals surface area contributed by atoms with Gasteiger partial charge in [-0.1, -0.05) is 30.3 Å². The zero-order valence-electron chi connectivity index (χ0n) is 14.2. The molecule has 1 aromatic heterocycles. The van der Waals surface area contributed by atoms with Crippen LogP contribution in [0, 0.1) is 6.92 Å². The van der Waals surface area contributed by atoms with Crippen molar-refractivity contribution in [1.82, 2.24) is 15.2 Å². The summed E-state index contributed by atoms with van der Waals surface area (Å²) in [7, 11) is 0. The Kier molecular flexibility index (Phi) is 6.49. The van der Waals surface area contributed by atoms with Crippen LogP contribution in [0.3, 0.4) is 0 Å². The number of carbonyl (C=O) groups excluding carboxylic acids is 2. The van der Waals surface area contributed by atoms with Crippen molar-refractivity contribution < 1.29 is 9.59 Å². The second-order valence-corrected chi connectivity index (χ2v) is 5.71. The summed E-state index contributed by atoms with van der Waals surface area (Å²) in [6.07, 6.45) is 1.97. The third-order valence-electron chi connectivity index (χ3n) is 3.87. The fourth-order valence-electron chi connectivity index (χ4n) is 2.36. The van der Waals surface area contributed by atoms with E-state index in [4.69, 9.17) is 0 Å². The summed E-state index contributed by atoms with van der Waals surface area (Å²) in [4.78, 5) is 29.6. The largest absolute Gasteiger partial charge is 0.352 e. The van der Waals surface area contributed by atoms with Crippen LogP contribution in [0.1, 0.15) is 30.2 Å². The normalized spacial score (nSPS) is 10.2. The number of aryl methyl sites for hydroxylation is 1. The third-order valence-corrected chi connectivity index (χ3v) is 3.87. The molecule has 0 fully saturated rings. The standard InChI is InChI=1S/C19H23N3O2/c1-15-7-3-4-8-17(15)13-21-19(24)10-12-22(16(2)23)14-18-9-5-6-11-20-18/h3-9,11H,10,12-14H2,1-2H3,(H,21,24). The fraction of sp³-hybridized carbons (Fsp3) is 0.316. The lowest BCUT2D eigenvalue weighted by Crippen LogP contribution is -2.33. The SMILES string of the molecule is CC(=O)N(CCC(=O)NCc1ccccc1C)Cc1ccccn1. The number of pyridine rings is 1. The maximum absolute atomic E-state index is 12.0. The van der Waals surface area contributed by atoms with Gasteiger partial charge in [-0.25, -0.2) is 0 Å². The summed E-state index contributed by atoms with van der Waals surface area (Å²) in [5.41, 5.74) is 3.06. The van der Waals surface area contributed by atoms with Crippen molar-refractivity contribution in [3.8, 4) is 0 Å². The lowest BCUT2D eigenvalue weighted by Gasteiger charge is -2.20. The molecule has 24 heavy (non-hydrogen) atoms. The molecule has 1 aromatic carbocycles. The molecule has 0 unspecified atom stereocenters. The van der Waals surface area contributed by atoms with Crippen LogP contribution in [-0.4, -0.2) is 28.2 Å². The van der Waals surface area contributed by atoms with Gasteiger partial charge >= 0.3 is 0 Å². The van der Waals surface area contributed by atoms with E-state index in [2.05, 4.69) is 10.3 Å². The second kappa shape index (κ2) is 8.82. The fourth-order valence-corrected chi connectivity index (χ4v) is 2.36. The van der Waals surface area contributed by atoms with Crippen LogP contribution in [-0.2, 0) is 22.7 Å². The first-order valence-electron chi connectivity index (χ1n) is 8.03. The lowest BCUT2D eigenvalue weighted by molar-refractivity contribution is -0.130. The molecule has 2 amide bonds. The van der Waals surface area contributed by atoms with Crippen LogP contribution in [0.2, 0.25) is 0 Å². The van der Waals surface area contributed by atoms with Crippen molar-refractivity contribution in [3.05, 3.63) is 65.5 Å². The Bertz CT molecular complexity index is 686. The highest BCUT2D eigenvalue weighted by atomic mass is 16.2. The molecule has 0 atom stereocenters. The number of carbonyl (C=O) groups is 2. The smallest absolute Gasteiger partial charge is 0.222 e. The van der Waals surface area contributed by atoms with E-state index in [1.807, 2.05) is 49.4 Å². The number of amides is 2. The molecule has 0 saturated heterocycles. The van der Waals surface area contributed by atoms with Crippen molar-refractivity contribution in [2.75, 3.05) is 6.54 Å². The molecule has 1 N–H and O–H groups in total. The van der Waals surface area contributed by atoms with Gasteiger partial charge in [0.25, 0.3) is 0 Å². The van der Waals surface area contributed by atoms with Crippen LogP contribution >= 0.6 is 0 Å². The van der Waals surface area contributed by atoms with E-state index >= 15 is 0 Å². The Labute approximate surface area is 142 Å². The van der Waals surface area contributed by atoms with Crippen LogP contribution in [0.5, 0.6) is 0 Å². The molecular weight excluding hydrogens is 302 g/mol. The predicted molar refractivity (Wildman–Crippen MR) is 93.0 cm³/mol. The maximum Gasteiger partial charge on any atom is 0.222 e. The first kappa shape index (κ1) is 17.7. The van der Waals surface area contributed by atoms with Crippen molar-refractivity contribution in [1.29, 1.82) is 0 Å². The molecule has 0 aliphatic heterocycles. The molecule has 0 bridgehead atoms. The predicted octanol–water partition coefficient (Wildman–Crippen LogP) is 2.45. The lowest BCUT2D eigenvalue weighted by atomic mass is 10.1. The van der Waals surface area contributed by atoms with Crippen molar-refractivity contribution in [2.45, 2.75) is 33.4 Å². The van der Waals surface area contributed by atoms with Gasteiger partial charge < -0.3 is 10.2 Å². The van der Waals surface area contributed by atoms with Crippen LogP contribution in [0.4, 0.5) is 0 Å². The van der Waals surface area contributed by atoms with E-state index in [-0.39, 0.29) is 18.2 Å². The van der Waals surface area contributed by atoms with Gasteiger partial charge in [-0.15, -0.1) is 0 Å². The highest BCUT2D eigenvalue weighted by Gasteiger charge is 2.12. The Morgan fingerprint density at radius 1 is 1.12 bits per heavy atom. The highest BCUT2D eigenvalue weighted by Crippen LogP contribution is 2.07. The van der Waals surface area contributed by atoms with Gasteiger partial charge in [-0.05, 0) is 30.2 Å². The minimum atomic E-state index is -0.0643. The van der Waals surface area contributed by atoms with E-state index in [1.165, 1.54) is 6.92 Å². The van der Waals surface area contributed by atoms with Crippen LogP contribution < -0.4 is 5.32 Å². The van der Waals surface area contributed by atoms with E-state index in [1.54, 1.807) is 11.1 Å². The summed E-state index contributed by atoms with van der Waals surface area (Å²) >= 11 is 0. The van der Waals surface area contributed by atoms with Crippen molar-refractivity contribution >= 4 is 11.8 Å². The Morgan fingerprint density at radius 2 is 1.88 bits per heavy atom. The topological polar surface area (TPSA) is 62.3 Å². The Hall–Kier alpha value is -2.69. The molecular formula is C19H23N3O2. The molecule has 5 heteroatoms. The van der Waals surface area contributed by atoms with E-state index in [0.29, 0.717) is 19.6 Å². The average molecular weight is 325 g/mol. The number of benzene rings is 1. The van der Waals surface area contributed by atoms with Gasteiger partial charge in [0, 0.05) is 32.6 Å². The summed E-state index contributed by atoms with van der Waals surface area (Å²) in [6.45, 7) is 4.83. The van der Waals surface area contributed by atoms with Crippen molar-refractivity contribution in [3.63, 3.8) is 0 Å². The Morgan fingerprint density at radius 3 is 2.54 bits per heavy atom. The monoisotopic (exact) mass is 325 g/mol. The van der Waals surface area contributed by atoms with E-state index in [9.17, 15) is 9.59 Å². The minimum absolute atomic E-state index is 0.0626. The number of hydrogen-bond acceptors (Lipinski definition) is 3. The van der Waals surface area contributed by atoms with E-state index < -0.39 is 0 Å². The molecule has 0 radical (unpaired) electrons. The van der Waals surface area contributed by atoms with Crippen LogP contribution in [0.25, 0.3) is 0 Å². The summed E-state index contributed by atoms with van der Waals surface area (Å²) in [6, 6.07) is 13.5. The summed E-state index contributed by atoms with van der Waals surface area (Å²) in [5.74, 6) is -0.127. The Balaban J connectivity index is 1.82. The second-order valence-electron chi connectivity index (χ2n) is 5.71. The number of rotatable bonds is 7.